The van der Waals surface area contributed by atoms with Crippen LogP contribution in [0.1, 0.15) is 5.82 Å². The summed E-state index contributed by atoms with van der Waals surface area (Å²) in [5, 5.41) is 19.1. The van der Waals surface area contributed by atoms with Crippen LogP contribution in [-0.2, 0) is 17.8 Å². The van der Waals surface area contributed by atoms with Crippen LogP contribution in [0, 0.1) is 6.92 Å². The largest absolute Gasteiger partial charge is 0.480 e. The first-order chi connectivity index (χ1) is 5.22. The number of nitrogens with zero attached hydrogens (tertiary/aromatic N) is 4. The number of rotatable bonds is 3. The van der Waals surface area contributed by atoms with Crippen molar-refractivity contribution in [2.24, 2.45) is 0 Å². The average Bonchev–Trinajstić information content (AvgIpc) is 2.34. The van der Waals surface area contributed by atoms with Crippen molar-refractivity contribution in [3.63, 3.8) is 0 Å². The van der Waals surface area contributed by atoms with Crippen LogP contribution < -0.4 is 0 Å². The molecule has 1 radical (unpaired) electrons. The number of hydrogen-bond donors (Lipinski definition) is 1. The zero-order chi connectivity index (χ0) is 8.27. The van der Waals surface area contributed by atoms with E-state index in [0.29, 0.717) is 12.2 Å². The highest BCUT2D eigenvalue weighted by atomic mass is 16.4. The van der Waals surface area contributed by atoms with Crippen molar-refractivity contribution in [1.29, 1.82) is 0 Å². The Morgan fingerprint density at radius 2 is 2.45 bits per heavy atom. The van der Waals surface area contributed by atoms with Crippen molar-refractivity contribution in [3.8, 4) is 0 Å². The van der Waals surface area contributed by atoms with Gasteiger partial charge in [0.2, 0.25) is 0 Å². The van der Waals surface area contributed by atoms with Crippen LogP contribution >= 0.6 is 0 Å². The van der Waals surface area contributed by atoms with Gasteiger partial charge in [-0.25, -0.2) is 0 Å². The molecule has 1 aromatic heterocycles. The third-order valence-electron chi connectivity index (χ3n) is 0.995. The molecule has 0 atom stereocenters. The lowest BCUT2D eigenvalue weighted by Gasteiger charge is -1.88. The topological polar surface area (TPSA) is 80.9 Å². The minimum absolute atomic E-state index is 0.257. The SMILES string of the molecule is [CH2]Cc1nnn(CC(=O)O)n1. The fourth-order valence-electron chi connectivity index (χ4n) is 0.564. The van der Waals surface area contributed by atoms with E-state index in [4.69, 9.17) is 5.11 Å². The first kappa shape index (κ1) is 7.64. The van der Waals surface area contributed by atoms with E-state index in [1.807, 2.05) is 0 Å². The molecule has 0 amide bonds. The van der Waals surface area contributed by atoms with Crippen molar-refractivity contribution in [1.82, 2.24) is 20.2 Å². The predicted octanol–water partition coefficient (Wildman–Crippen LogP) is -0.866. The van der Waals surface area contributed by atoms with Gasteiger partial charge >= 0.3 is 5.97 Å². The fourth-order valence-corrected chi connectivity index (χ4v) is 0.564. The van der Waals surface area contributed by atoms with Gasteiger partial charge in [-0.3, -0.25) is 4.79 Å². The highest BCUT2D eigenvalue weighted by Gasteiger charge is 2.03. The highest BCUT2D eigenvalue weighted by molar-refractivity contribution is 5.66. The van der Waals surface area contributed by atoms with Gasteiger partial charge in [-0.05, 0) is 12.1 Å². The molecule has 0 unspecified atom stereocenters. The lowest BCUT2D eigenvalue weighted by atomic mass is 10.5. The Bertz CT molecular complexity index is 257. The van der Waals surface area contributed by atoms with Gasteiger partial charge in [-0.15, -0.1) is 10.2 Å². The molecule has 0 fully saturated rings. The molecule has 0 aliphatic heterocycles. The first-order valence-electron chi connectivity index (χ1n) is 3.00. The molecule has 0 aliphatic rings. The molecule has 6 nitrogen and oxygen atoms in total. The molecule has 0 aliphatic carbocycles. The normalized spacial score (nSPS) is 9.91. The van der Waals surface area contributed by atoms with Crippen LogP contribution in [0.4, 0.5) is 0 Å². The van der Waals surface area contributed by atoms with Crippen LogP contribution in [-0.4, -0.2) is 31.3 Å². The van der Waals surface area contributed by atoms with Gasteiger partial charge in [-0.1, -0.05) is 0 Å². The van der Waals surface area contributed by atoms with Gasteiger partial charge < -0.3 is 5.11 Å². The molecular weight excluding hydrogens is 148 g/mol. The van der Waals surface area contributed by atoms with Crippen molar-refractivity contribution < 1.29 is 9.90 Å². The molecule has 1 heterocycles. The highest BCUT2D eigenvalue weighted by Crippen LogP contribution is 1.85. The van der Waals surface area contributed by atoms with Gasteiger partial charge in [0.1, 0.15) is 0 Å². The van der Waals surface area contributed by atoms with Crippen LogP contribution in [0.2, 0.25) is 0 Å². The zero-order valence-electron chi connectivity index (χ0n) is 5.77. The maximum atomic E-state index is 10.1. The molecule has 1 aromatic rings. The van der Waals surface area contributed by atoms with Crippen LogP contribution in [0.15, 0.2) is 0 Å². The van der Waals surface area contributed by atoms with Crippen molar-refractivity contribution in [3.05, 3.63) is 12.7 Å². The van der Waals surface area contributed by atoms with E-state index < -0.39 is 5.97 Å². The van der Waals surface area contributed by atoms with Gasteiger partial charge in [0.05, 0.1) is 0 Å². The Kier molecular flexibility index (Phi) is 2.15. The van der Waals surface area contributed by atoms with Crippen LogP contribution in [0.3, 0.4) is 0 Å². The molecule has 0 aromatic carbocycles. The monoisotopic (exact) mass is 155 g/mol. The fraction of sp³-hybridized carbons (Fsp3) is 0.400. The molecule has 59 valence electrons. The Balaban J connectivity index is 2.65. The van der Waals surface area contributed by atoms with E-state index in [0.717, 1.165) is 4.80 Å². The second-order valence-corrected chi connectivity index (χ2v) is 1.88. The summed E-state index contributed by atoms with van der Waals surface area (Å²) < 4.78 is 0. The molecule has 1 rings (SSSR count). The minimum Gasteiger partial charge on any atom is -0.480 e. The zero-order valence-corrected chi connectivity index (χ0v) is 5.77. The molecule has 0 spiro atoms. The Hall–Kier alpha value is -1.46. The van der Waals surface area contributed by atoms with Gasteiger partial charge in [0, 0.05) is 6.42 Å². The van der Waals surface area contributed by atoms with Crippen molar-refractivity contribution in [2.45, 2.75) is 13.0 Å². The first-order valence-corrected chi connectivity index (χ1v) is 3.00. The molecule has 6 heteroatoms. The Morgan fingerprint density at radius 1 is 1.73 bits per heavy atom. The summed E-state index contributed by atoms with van der Waals surface area (Å²) in [5.41, 5.74) is 0. The third kappa shape index (κ3) is 1.99. The predicted molar refractivity (Wildman–Crippen MR) is 34.5 cm³/mol. The minimum atomic E-state index is -0.988. The maximum absolute atomic E-state index is 10.1. The molecular formula is C5H7N4O2. The number of aromatic nitrogens is 4. The number of aliphatic carboxylic acids is 1. The van der Waals surface area contributed by atoms with E-state index in [2.05, 4.69) is 22.3 Å². The summed E-state index contributed by atoms with van der Waals surface area (Å²) in [6.45, 7) is 3.27. The molecule has 0 saturated heterocycles. The van der Waals surface area contributed by atoms with Crippen LogP contribution in [0.5, 0.6) is 0 Å². The molecule has 11 heavy (non-hydrogen) atoms. The van der Waals surface area contributed by atoms with Crippen molar-refractivity contribution >= 4 is 5.97 Å². The van der Waals surface area contributed by atoms with E-state index in [1.165, 1.54) is 0 Å². The summed E-state index contributed by atoms with van der Waals surface area (Å²) in [6, 6.07) is 0. The number of carbonyl (C=O) groups is 1. The van der Waals surface area contributed by atoms with Crippen molar-refractivity contribution in [2.75, 3.05) is 0 Å². The molecule has 0 saturated carbocycles. The Morgan fingerprint density at radius 3 is 2.91 bits per heavy atom. The van der Waals surface area contributed by atoms with E-state index in [9.17, 15) is 4.79 Å². The smallest absolute Gasteiger partial charge is 0.327 e. The second-order valence-electron chi connectivity index (χ2n) is 1.88. The van der Waals surface area contributed by atoms with E-state index in [-0.39, 0.29) is 6.54 Å². The van der Waals surface area contributed by atoms with Gasteiger partial charge in [-0.2, -0.15) is 4.80 Å². The van der Waals surface area contributed by atoms with Crippen LogP contribution in [0.25, 0.3) is 0 Å². The second kappa shape index (κ2) is 3.09. The lowest BCUT2D eigenvalue weighted by Crippen LogP contribution is -2.11. The standard InChI is InChI=1S/C5H7N4O2/c1-2-4-6-8-9(7-4)3-5(10)11/h1-3H2,(H,10,11). The number of tetrazole rings is 1. The third-order valence-corrected chi connectivity index (χ3v) is 0.995. The quantitative estimate of drug-likeness (QED) is 0.613. The number of carboxylic acid groups (broad SMARTS) is 1. The Labute approximate surface area is 62.8 Å². The lowest BCUT2D eigenvalue weighted by molar-refractivity contribution is -0.138. The average molecular weight is 155 g/mol. The van der Waals surface area contributed by atoms with E-state index >= 15 is 0 Å². The summed E-state index contributed by atoms with van der Waals surface area (Å²) in [7, 11) is 0. The molecule has 0 bridgehead atoms. The molecule has 1 N–H and O–H groups in total. The summed E-state index contributed by atoms with van der Waals surface area (Å²) in [5.74, 6) is -0.538. The summed E-state index contributed by atoms with van der Waals surface area (Å²) in [4.78, 5) is 11.1. The summed E-state index contributed by atoms with van der Waals surface area (Å²) in [6.07, 6.45) is 0.416. The number of carboxylic acids is 1. The number of hydrogen-bond acceptors (Lipinski definition) is 4. The van der Waals surface area contributed by atoms with Gasteiger partial charge in [0.15, 0.2) is 12.4 Å². The van der Waals surface area contributed by atoms with Gasteiger partial charge in [0.25, 0.3) is 0 Å². The maximum Gasteiger partial charge on any atom is 0.327 e. The summed E-state index contributed by atoms with van der Waals surface area (Å²) >= 11 is 0. The van der Waals surface area contributed by atoms with E-state index in [1.54, 1.807) is 0 Å².